The van der Waals surface area contributed by atoms with Crippen LogP contribution in [0, 0.1) is 0 Å². The van der Waals surface area contributed by atoms with Crippen molar-refractivity contribution in [1.82, 2.24) is 10.4 Å². The van der Waals surface area contributed by atoms with Crippen LogP contribution in [0.2, 0.25) is 0 Å². The number of phenolic OH excluding ortho intramolecular Hbond substituents is 1. The van der Waals surface area contributed by atoms with E-state index in [9.17, 15) is 14.7 Å². The molecule has 2 aliphatic heterocycles. The van der Waals surface area contributed by atoms with Crippen LogP contribution in [0.3, 0.4) is 0 Å². The van der Waals surface area contributed by atoms with Crippen molar-refractivity contribution in [3.8, 4) is 17.2 Å². The van der Waals surface area contributed by atoms with E-state index in [0.717, 1.165) is 24.2 Å². The highest BCUT2D eigenvalue weighted by Crippen LogP contribution is 2.46. The zero-order chi connectivity index (χ0) is 24.4. The lowest BCUT2D eigenvalue weighted by Gasteiger charge is -2.38. The molecule has 1 saturated heterocycles. The van der Waals surface area contributed by atoms with Gasteiger partial charge in [-0.2, -0.15) is 5.48 Å². The Kier molecular flexibility index (Phi) is 6.05. The van der Waals surface area contributed by atoms with Crippen LogP contribution >= 0.6 is 0 Å². The zero-order valence-corrected chi connectivity index (χ0v) is 19.2. The highest BCUT2D eigenvalue weighted by atomic mass is 16.7. The summed E-state index contributed by atoms with van der Waals surface area (Å²) in [4.78, 5) is 32.5. The lowest BCUT2D eigenvalue weighted by Crippen LogP contribution is -2.46. The van der Waals surface area contributed by atoms with Crippen molar-refractivity contribution in [3.63, 3.8) is 0 Å². The van der Waals surface area contributed by atoms with E-state index in [1.54, 1.807) is 35.2 Å². The minimum absolute atomic E-state index is 0.0190. The van der Waals surface area contributed by atoms with Crippen molar-refractivity contribution in [2.45, 2.75) is 24.8 Å². The third-order valence-corrected chi connectivity index (χ3v) is 6.86. The van der Waals surface area contributed by atoms with Crippen molar-refractivity contribution in [2.75, 3.05) is 19.7 Å². The van der Waals surface area contributed by atoms with Gasteiger partial charge in [0.15, 0.2) is 5.75 Å². The van der Waals surface area contributed by atoms with Gasteiger partial charge in [0.05, 0.1) is 12.2 Å². The Morgan fingerprint density at radius 1 is 1.06 bits per heavy atom. The highest BCUT2D eigenvalue weighted by molar-refractivity contribution is 5.99. The number of hydroxylamine groups is 1. The van der Waals surface area contributed by atoms with Crippen molar-refractivity contribution < 1.29 is 24.3 Å². The minimum atomic E-state index is -0.609. The summed E-state index contributed by atoms with van der Waals surface area (Å²) >= 11 is 0. The second-order valence-electron chi connectivity index (χ2n) is 8.97. The Labute approximate surface area is 203 Å². The molecule has 0 atom stereocenters. The van der Waals surface area contributed by atoms with Gasteiger partial charge in [-0.25, -0.2) is 0 Å². The largest absolute Gasteiger partial charge is 0.507 e. The number of likely N-dealkylation sites (tertiary alicyclic amines) is 1. The fourth-order valence-electron chi connectivity index (χ4n) is 4.78. The number of rotatable bonds is 5. The molecule has 8 heteroatoms. The van der Waals surface area contributed by atoms with Crippen LogP contribution in [0.5, 0.6) is 17.2 Å². The Bertz CT molecular complexity index is 1250. The van der Waals surface area contributed by atoms with Gasteiger partial charge < -0.3 is 25.3 Å². The molecule has 0 bridgehead atoms. The molecule has 0 unspecified atom stereocenters. The number of ether oxygens (including phenoxy) is 1. The quantitative estimate of drug-likeness (QED) is 0.491. The summed E-state index contributed by atoms with van der Waals surface area (Å²) in [6.45, 7) is 2.22. The lowest BCUT2D eigenvalue weighted by atomic mass is 9.74. The average molecular weight is 474 g/mol. The number of para-hydroxylation sites is 1. The van der Waals surface area contributed by atoms with E-state index in [4.69, 9.17) is 15.3 Å². The molecule has 0 saturated carbocycles. The number of piperidine rings is 1. The number of nitrogens with two attached hydrogens (primary N) is 1. The first-order valence-corrected chi connectivity index (χ1v) is 11.6. The number of nitrogens with zero attached hydrogens (tertiary/aromatic N) is 1. The molecular weight excluding hydrogens is 446 g/mol. The summed E-state index contributed by atoms with van der Waals surface area (Å²) in [5.41, 5.74) is 10.6. The molecule has 1 spiro atoms. The number of carbonyl (C=O) groups is 2. The number of benzene rings is 3. The summed E-state index contributed by atoms with van der Waals surface area (Å²) in [5, 5.41) is 10.4. The summed E-state index contributed by atoms with van der Waals surface area (Å²) in [5.74, 6) is 0.284. The molecule has 5 rings (SSSR count). The lowest BCUT2D eigenvalue weighted by molar-refractivity contribution is 0.0645. The molecule has 8 nitrogen and oxygen atoms in total. The zero-order valence-electron chi connectivity index (χ0n) is 19.2. The third-order valence-electron chi connectivity index (χ3n) is 6.86. The first-order chi connectivity index (χ1) is 17.0. The van der Waals surface area contributed by atoms with Gasteiger partial charge in [-0.15, -0.1) is 0 Å². The predicted molar refractivity (Wildman–Crippen MR) is 129 cm³/mol. The normalized spacial score (nSPS) is 15.9. The maximum absolute atomic E-state index is 13.1. The fourth-order valence-corrected chi connectivity index (χ4v) is 4.78. The molecular formula is C27H27N3O5. The van der Waals surface area contributed by atoms with Gasteiger partial charge in [-0.05, 0) is 54.8 Å². The van der Waals surface area contributed by atoms with Crippen molar-refractivity contribution in [1.29, 1.82) is 0 Å². The van der Waals surface area contributed by atoms with Crippen LogP contribution in [-0.4, -0.2) is 41.5 Å². The third kappa shape index (κ3) is 4.40. The van der Waals surface area contributed by atoms with Crippen molar-refractivity contribution in [2.24, 2.45) is 5.73 Å². The molecule has 0 radical (unpaired) electrons. The SMILES string of the molecule is NCc1ccc2c(c1)C1(CCN(C(=O)c3ccc(C(=O)NOc4ccccc4)c(O)c3)CC1)CO2. The van der Waals surface area contributed by atoms with Crippen LogP contribution in [-0.2, 0) is 12.0 Å². The van der Waals surface area contributed by atoms with Gasteiger partial charge in [0.1, 0.15) is 11.5 Å². The van der Waals surface area contributed by atoms with Gasteiger partial charge >= 0.3 is 0 Å². The topological polar surface area (TPSA) is 114 Å². The minimum Gasteiger partial charge on any atom is -0.507 e. The summed E-state index contributed by atoms with van der Waals surface area (Å²) in [7, 11) is 0. The number of hydrogen-bond donors (Lipinski definition) is 3. The fraction of sp³-hybridized carbons (Fsp3) is 0.259. The predicted octanol–water partition coefficient (Wildman–Crippen LogP) is 3.14. The first kappa shape index (κ1) is 22.7. The molecule has 35 heavy (non-hydrogen) atoms. The van der Waals surface area contributed by atoms with Crippen LogP contribution in [0.25, 0.3) is 0 Å². The molecule has 1 fully saturated rings. The van der Waals surface area contributed by atoms with E-state index in [1.165, 1.54) is 17.7 Å². The molecule has 2 amide bonds. The van der Waals surface area contributed by atoms with Gasteiger partial charge in [0.25, 0.3) is 11.8 Å². The average Bonchev–Trinajstić information content (AvgIpc) is 3.24. The van der Waals surface area contributed by atoms with E-state index < -0.39 is 5.91 Å². The molecule has 3 aromatic carbocycles. The summed E-state index contributed by atoms with van der Waals surface area (Å²) < 4.78 is 5.95. The van der Waals surface area contributed by atoms with Crippen molar-refractivity contribution in [3.05, 3.63) is 89.0 Å². The molecule has 0 aromatic heterocycles. The van der Waals surface area contributed by atoms with Crippen molar-refractivity contribution >= 4 is 11.8 Å². The van der Waals surface area contributed by atoms with E-state index >= 15 is 0 Å². The Hall–Kier alpha value is -4.04. The number of nitrogens with one attached hydrogen (secondary N) is 1. The number of phenols is 1. The van der Waals surface area contributed by atoms with Crippen LogP contribution in [0.15, 0.2) is 66.7 Å². The molecule has 2 aliphatic rings. The van der Waals surface area contributed by atoms with Crippen LogP contribution in [0.4, 0.5) is 0 Å². The Balaban J connectivity index is 1.23. The molecule has 180 valence electrons. The number of hydrogen-bond acceptors (Lipinski definition) is 6. The van der Waals surface area contributed by atoms with Gasteiger partial charge in [0, 0.05) is 36.2 Å². The monoisotopic (exact) mass is 473 g/mol. The Morgan fingerprint density at radius 3 is 2.54 bits per heavy atom. The van der Waals surface area contributed by atoms with E-state index in [1.807, 2.05) is 18.2 Å². The first-order valence-electron chi connectivity index (χ1n) is 11.6. The number of fused-ring (bicyclic) bond motifs is 2. The van der Waals surface area contributed by atoms with Crippen LogP contribution in [0.1, 0.15) is 44.7 Å². The summed E-state index contributed by atoms with van der Waals surface area (Å²) in [6.07, 6.45) is 1.56. The van der Waals surface area contributed by atoms with E-state index in [-0.39, 0.29) is 22.6 Å². The second kappa shape index (κ2) is 9.31. The summed E-state index contributed by atoms with van der Waals surface area (Å²) in [6, 6.07) is 19.2. The Morgan fingerprint density at radius 2 is 1.83 bits per heavy atom. The van der Waals surface area contributed by atoms with Gasteiger partial charge in [-0.1, -0.05) is 30.3 Å². The molecule has 2 heterocycles. The smallest absolute Gasteiger partial charge is 0.287 e. The van der Waals surface area contributed by atoms with Gasteiger partial charge in [-0.3, -0.25) is 9.59 Å². The maximum Gasteiger partial charge on any atom is 0.287 e. The second-order valence-corrected chi connectivity index (χ2v) is 8.97. The standard InChI is InChI=1S/C27H27N3O5/c28-16-18-6-9-24-22(14-18)27(17-34-24)10-12-30(13-11-27)26(33)19-7-8-21(23(31)15-19)25(32)29-35-20-4-2-1-3-5-20/h1-9,14-15,31H,10-13,16-17,28H2,(H,29,32). The van der Waals surface area contributed by atoms with E-state index in [0.29, 0.717) is 37.6 Å². The molecule has 0 aliphatic carbocycles. The van der Waals surface area contributed by atoms with E-state index in [2.05, 4.69) is 11.5 Å². The maximum atomic E-state index is 13.1. The number of amides is 2. The number of carbonyl (C=O) groups excluding carboxylic acids is 2. The van der Waals surface area contributed by atoms with Crippen LogP contribution < -0.4 is 20.8 Å². The molecule has 4 N–H and O–H groups in total. The van der Waals surface area contributed by atoms with Gasteiger partial charge in [0.2, 0.25) is 0 Å². The number of aromatic hydroxyl groups is 1. The molecule has 3 aromatic rings. The highest BCUT2D eigenvalue weighted by Gasteiger charge is 2.44.